The number of halogens is 4. The van der Waals surface area contributed by atoms with Crippen molar-refractivity contribution in [2.24, 2.45) is 5.73 Å². The molecule has 3 N–H and O–H groups in total. The smallest absolute Gasteiger partial charge is 0.406 e. The number of nitrogens with zero attached hydrogens (tertiary/aromatic N) is 1. The van der Waals surface area contributed by atoms with Crippen molar-refractivity contribution in [1.29, 1.82) is 0 Å². The minimum absolute atomic E-state index is 0. The van der Waals surface area contributed by atoms with E-state index >= 15 is 0 Å². The minimum Gasteiger partial charge on any atom is -0.406 e. The van der Waals surface area contributed by atoms with E-state index in [2.05, 4.69) is 15.0 Å². The fourth-order valence-electron chi connectivity index (χ4n) is 2.08. The Balaban J connectivity index is 0.000000514. The predicted molar refractivity (Wildman–Crippen MR) is 107 cm³/mol. The molecule has 3 rings (SSSR count). The Morgan fingerprint density at radius 1 is 0.966 bits per heavy atom. The summed E-state index contributed by atoms with van der Waals surface area (Å²) in [4.78, 5) is 14.7. The van der Waals surface area contributed by atoms with Gasteiger partial charge in [0.1, 0.15) is 5.75 Å². The number of aromatic nitrogens is 1. The fourth-order valence-corrected chi connectivity index (χ4v) is 2.08. The molecular weight excluding hydrogens is 407 g/mol. The Morgan fingerprint density at radius 2 is 1.55 bits per heavy atom. The van der Waals surface area contributed by atoms with Crippen molar-refractivity contribution in [2.75, 3.05) is 5.32 Å². The lowest BCUT2D eigenvalue weighted by Crippen LogP contribution is -2.17. The fraction of sp³-hybridized carbons (Fsp3) is 0.100. The first-order valence-corrected chi connectivity index (χ1v) is 8.17. The number of nitrogens with one attached hydrogen (secondary N) is 1. The summed E-state index contributed by atoms with van der Waals surface area (Å²) in [7, 11) is 0. The molecule has 0 fully saturated rings. The Morgan fingerprint density at radius 3 is 1.97 bits per heavy atom. The SMILES string of the molecule is Cl.NC(=O)c1ccc(NCc2ccc(OC(F)(F)F)cc2)cc1.c1ccncc1. The largest absolute Gasteiger partial charge is 0.573 e. The summed E-state index contributed by atoms with van der Waals surface area (Å²) in [5.41, 5.74) is 7.09. The van der Waals surface area contributed by atoms with E-state index in [1.807, 2.05) is 18.2 Å². The van der Waals surface area contributed by atoms with E-state index in [1.165, 1.54) is 24.3 Å². The van der Waals surface area contributed by atoms with E-state index in [0.29, 0.717) is 12.1 Å². The van der Waals surface area contributed by atoms with Crippen LogP contribution in [0.3, 0.4) is 0 Å². The lowest BCUT2D eigenvalue weighted by Gasteiger charge is -2.10. The van der Waals surface area contributed by atoms with Crippen LogP contribution in [0.25, 0.3) is 0 Å². The van der Waals surface area contributed by atoms with Gasteiger partial charge in [-0.15, -0.1) is 25.6 Å². The van der Waals surface area contributed by atoms with Crippen LogP contribution in [0.2, 0.25) is 0 Å². The highest BCUT2D eigenvalue weighted by Crippen LogP contribution is 2.23. The highest BCUT2D eigenvalue weighted by atomic mass is 35.5. The van der Waals surface area contributed by atoms with Gasteiger partial charge in [0.2, 0.25) is 5.91 Å². The molecule has 0 aliphatic carbocycles. The van der Waals surface area contributed by atoms with Crippen LogP contribution in [0, 0.1) is 0 Å². The highest BCUT2D eigenvalue weighted by Gasteiger charge is 2.30. The molecule has 0 aliphatic rings. The molecule has 0 bridgehead atoms. The molecule has 0 saturated heterocycles. The summed E-state index contributed by atoms with van der Waals surface area (Å²) < 4.78 is 39.9. The second-order valence-corrected chi connectivity index (χ2v) is 5.51. The molecule has 0 aliphatic heterocycles. The van der Waals surface area contributed by atoms with Crippen LogP contribution < -0.4 is 15.8 Å². The second-order valence-electron chi connectivity index (χ2n) is 5.51. The zero-order valence-electron chi connectivity index (χ0n) is 15.1. The number of carbonyl (C=O) groups is 1. The van der Waals surface area contributed by atoms with E-state index < -0.39 is 12.3 Å². The highest BCUT2D eigenvalue weighted by molar-refractivity contribution is 5.93. The summed E-state index contributed by atoms with van der Waals surface area (Å²) in [6.07, 6.45) is -1.19. The third-order valence-corrected chi connectivity index (χ3v) is 3.39. The van der Waals surface area contributed by atoms with Crippen LogP contribution in [-0.2, 0) is 6.54 Å². The van der Waals surface area contributed by atoms with Gasteiger partial charge in [-0.1, -0.05) is 18.2 Å². The van der Waals surface area contributed by atoms with Gasteiger partial charge in [0.05, 0.1) is 0 Å². The summed E-state index contributed by atoms with van der Waals surface area (Å²) in [5, 5.41) is 3.08. The molecule has 0 radical (unpaired) electrons. The zero-order chi connectivity index (χ0) is 20.4. The average molecular weight is 426 g/mol. The normalized spacial score (nSPS) is 10.0. The molecule has 0 atom stereocenters. The van der Waals surface area contributed by atoms with Crippen molar-refractivity contribution in [2.45, 2.75) is 12.9 Å². The number of benzene rings is 2. The number of nitrogens with two attached hydrogens (primary N) is 1. The summed E-state index contributed by atoms with van der Waals surface area (Å²) in [5.74, 6) is -0.770. The lowest BCUT2D eigenvalue weighted by molar-refractivity contribution is -0.274. The molecule has 5 nitrogen and oxygen atoms in total. The maximum atomic E-state index is 12.0. The Bertz CT molecular complexity index is 832. The number of hydrogen-bond donors (Lipinski definition) is 2. The van der Waals surface area contributed by atoms with Gasteiger partial charge >= 0.3 is 6.36 Å². The monoisotopic (exact) mass is 425 g/mol. The second kappa shape index (κ2) is 11.6. The van der Waals surface area contributed by atoms with Gasteiger partial charge < -0.3 is 15.8 Å². The van der Waals surface area contributed by atoms with Crippen LogP contribution >= 0.6 is 12.4 Å². The van der Waals surface area contributed by atoms with Crippen LogP contribution in [0.1, 0.15) is 15.9 Å². The molecule has 3 aromatic rings. The van der Waals surface area contributed by atoms with Gasteiger partial charge in [0, 0.05) is 30.2 Å². The summed E-state index contributed by atoms with van der Waals surface area (Å²) >= 11 is 0. The van der Waals surface area contributed by atoms with Gasteiger partial charge in [-0.05, 0) is 54.1 Å². The van der Waals surface area contributed by atoms with Gasteiger partial charge in [-0.3, -0.25) is 9.78 Å². The third-order valence-electron chi connectivity index (χ3n) is 3.39. The van der Waals surface area contributed by atoms with Crippen LogP contribution in [0.15, 0.2) is 79.1 Å². The minimum atomic E-state index is -4.69. The molecule has 1 aromatic heterocycles. The van der Waals surface area contributed by atoms with Crippen molar-refractivity contribution >= 4 is 24.0 Å². The number of amides is 1. The van der Waals surface area contributed by atoms with Gasteiger partial charge in [0.15, 0.2) is 0 Å². The quantitative estimate of drug-likeness (QED) is 0.615. The number of alkyl halides is 3. The Kier molecular flexibility index (Phi) is 9.47. The Labute approximate surface area is 172 Å². The van der Waals surface area contributed by atoms with Crippen molar-refractivity contribution in [3.8, 4) is 5.75 Å². The average Bonchev–Trinajstić information content (AvgIpc) is 2.68. The lowest BCUT2D eigenvalue weighted by atomic mass is 10.2. The summed E-state index contributed by atoms with van der Waals surface area (Å²) in [6.45, 7) is 0.419. The first-order chi connectivity index (χ1) is 13.3. The van der Waals surface area contributed by atoms with E-state index in [4.69, 9.17) is 5.73 Å². The molecule has 1 heterocycles. The van der Waals surface area contributed by atoms with Crippen LogP contribution in [-0.4, -0.2) is 17.3 Å². The molecule has 9 heteroatoms. The first kappa shape index (κ1) is 23.8. The summed E-state index contributed by atoms with van der Waals surface area (Å²) in [6, 6.07) is 17.9. The van der Waals surface area contributed by atoms with E-state index in [0.717, 1.165) is 11.3 Å². The van der Waals surface area contributed by atoms with Crippen LogP contribution in [0.5, 0.6) is 5.75 Å². The number of rotatable bonds is 5. The number of hydrogen-bond acceptors (Lipinski definition) is 4. The van der Waals surface area contributed by atoms with Crippen molar-refractivity contribution < 1.29 is 22.7 Å². The maximum Gasteiger partial charge on any atom is 0.573 e. The standard InChI is InChI=1S/C15H13F3N2O2.C5H5N.ClH/c16-15(17,18)22-13-7-1-10(2-8-13)9-20-12-5-3-11(4-6-12)14(19)21;1-2-4-6-5-3-1;/h1-8,20H,9H2,(H2,19,21);1-5H;1H. The molecule has 2 aromatic carbocycles. The number of carbonyl (C=O) groups excluding carboxylic acids is 1. The molecule has 0 unspecified atom stereocenters. The molecule has 29 heavy (non-hydrogen) atoms. The van der Waals surface area contributed by atoms with Crippen LogP contribution in [0.4, 0.5) is 18.9 Å². The van der Waals surface area contributed by atoms with E-state index in [-0.39, 0.29) is 18.2 Å². The van der Waals surface area contributed by atoms with Crippen molar-refractivity contribution in [3.63, 3.8) is 0 Å². The van der Waals surface area contributed by atoms with Gasteiger partial charge in [0.25, 0.3) is 0 Å². The van der Waals surface area contributed by atoms with E-state index in [9.17, 15) is 18.0 Å². The molecule has 1 amide bonds. The van der Waals surface area contributed by atoms with Gasteiger partial charge in [-0.2, -0.15) is 0 Å². The molecule has 0 spiro atoms. The van der Waals surface area contributed by atoms with E-state index in [1.54, 1.807) is 36.7 Å². The number of anilines is 1. The third kappa shape index (κ3) is 9.48. The van der Waals surface area contributed by atoms with Crippen molar-refractivity contribution in [3.05, 3.63) is 90.3 Å². The topological polar surface area (TPSA) is 77.2 Å². The Hall–Kier alpha value is -3.26. The predicted octanol–water partition coefficient (Wildman–Crippen LogP) is 4.80. The van der Waals surface area contributed by atoms with Crippen molar-refractivity contribution in [1.82, 2.24) is 4.98 Å². The molecular formula is C20H19ClF3N3O2. The number of pyridine rings is 1. The maximum absolute atomic E-state index is 12.0. The molecule has 154 valence electrons. The molecule has 0 saturated carbocycles. The zero-order valence-corrected chi connectivity index (χ0v) is 15.9. The van der Waals surface area contributed by atoms with Gasteiger partial charge in [-0.25, -0.2) is 0 Å². The number of primary amides is 1. The number of ether oxygens (including phenoxy) is 1. The first-order valence-electron chi connectivity index (χ1n) is 8.17.